The van der Waals surface area contributed by atoms with Crippen molar-refractivity contribution in [3.8, 4) is 0 Å². The van der Waals surface area contributed by atoms with E-state index in [4.69, 9.17) is 10.5 Å². The third kappa shape index (κ3) is 4.55. The van der Waals surface area contributed by atoms with Crippen LogP contribution in [0.4, 0.5) is 0 Å². The molecule has 1 saturated heterocycles. The van der Waals surface area contributed by atoms with Crippen LogP contribution in [0.5, 0.6) is 0 Å². The molecule has 2 rings (SSSR count). The molecule has 1 amide bonds. The summed E-state index contributed by atoms with van der Waals surface area (Å²) in [5.41, 5.74) is 8.68. The van der Waals surface area contributed by atoms with Crippen LogP contribution in [0, 0.1) is 19.8 Å². The fourth-order valence-corrected chi connectivity index (χ4v) is 3.47. The van der Waals surface area contributed by atoms with Gasteiger partial charge in [0.25, 0.3) is 0 Å². The monoisotopic (exact) mass is 337 g/mol. The molecule has 0 aliphatic carbocycles. The van der Waals surface area contributed by atoms with E-state index in [9.17, 15) is 4.79 Å². The minimum absolute atomic E-state index is 0.0376. The number of likely N-dealkylation sites (N-methyl/N-ethyl adjacent to an activating group) is 1. The van der Waals surface area contributed by atoms with E-state index < -0.39 is 6.04 Å². The molecule has 2 heterocycles. The maximum Gasteiger partial charge on any atom is 0.243 e. The van der Waals surface area contributed by atoms with E-state index >= 15 is 0 Å². The number of carbonyl (C=O) groups excluding carboxylic acids is 1. The molecule has 136 valence electrons. The number of aryl methyl sites for hydroxylation is 2. The van der Waals surface area contributed by atoms with Crippen molar-refractivity contribution in [2.75, 3.05) is 46.9 Å². The van der Waals surface area contributed by atoms with Crippen molar-refractivity contribution in [1.82, 2.24) is 20.0 Å². The Kier molecular flexibility index (Phi) is 6.77. The minimum Gasteiger partial charge on any atom is -0.383 e. The lowest BCUT2D eigenvalue weighted by Gasteiger charge is -2.34. The average Bonchev–Trinajstić information content (AvgIpc) is 2.91. The number of hydrogen-bond donors (Lipinski definition) is 2. The number of nitrogens with zero attached hydrogens (tertiary/aromatic N) is 3. The Morgan fingerprint density at radius 1 is 1.46 bits per heavy atom. The number of amides is 1. The number of aromatic nitrogens is 2. The molecule has 1 unspecified atom stereocenters. The van der Waals surface area contributed by atoms with Crippen molar-refractivity contribution < 1.29 is 9.53 Å². The van der Waals surface area contributed by atoms with E-state index in [1.165, 1.54) is 0 Å². The minimum atomic E-state index is -0.643. The summed E-state index contributed by atoms with van der Waals surface area (Å²) < 4.78 is 5.13. The molecule has 0 bridgehead atoms. The van der Waals surface area contributed by atoms with Crippen LogP contribution in [0.3, 0.4) is 0 Å². The van der Waals surface area contributed by atoms with E-state index in [1.54, 1.807) is 12.0 Å². The van der Waals surface area contributed by atoms with Crippen molar-refractivity contribution >= 4 is 5.91 Å². The van der Waals surface area contributed by atoms with Crippen molar-refractivity contribution in [1.29, 1.82) is 0 Å². The van der Waals surface area contributed by atoms with Gasteiger partial charge in [-0.2, -0.15) is 5.10 Å². The van der Waals surface area contributed by atoms with Gasteiger partial charge in [0.1, 0.15) is 6.04 Å². The van der Waals surface area contributed by atoms with Gasteiger partial charge in [-0.15, -0.1) is 0 Å². The molecule has 0 saturated carbocycles. The Labute approximate surface area is 144 Å². The third-order valence-electron chi connectivity index (χ3n) is 4.99. The van der Waals surface area contributed by atoms with Crippen molar-refractivity contribution in [2.45, 2.75) is 32.7 Å². The lowest BCUT2D eigenvalue weighted by atomic mass is 9.95. The molecular formula is C17H31N5O2. The van der Waals surface area contributed by atoms with Crippen LogP contribution in [0.25, 0.3) is 0 Å². The summed E-state index contributed by atoms with van der Waals surface area (Å²) >= 11 is 0. The predicted molar refractivity (Wildman–Crippen MR) is 93.7 cm³/mol. The summed E-state index contributed by atoms with van der Waals surface area (Å²) in [4.78, 5) is 16.9. The quantitative estimate of drug-likeness (QED) is 0.770. The Hall–Kier alpha value is -1.44. The summed E-state index contributed by atoms with van der Waals surface area (Å²) in [7, 11) is 3.59. The molecule has 1 aliphatic heterocycles. The first kappa shape index (κ1) is 18.9. The standard InChI is InChI=1S/C17H31N5O2/c1-12-15(13(2)20-19-12)16(18)17(23)21(3)11-14-5-7-22(8-6-14)9-10-24-4/h14,16H,5-11,18H2,1-4H3,(H,19,20). The molecular weight excluding hydrogens is 306 g/mol. The van der Waals surface area contributed by atoms with Gasteiger partial charge in [0.15, 0.2) is 0 Å². The van der Waals surface area contributed by atoms with E-state index in [0.717, 1.165) is 62.6 Å². The highest BCUT2D eigenvalue weighted by molar-refractivity contribution is 5.83. The number of nitrogens with one attached hydrogen (secondary N) is 1. The highest BCUT2D eigenvalue weighted by Gasteiger charge is 2.27. The van der Waals surface area contributed by atoms with E-state index in [0.29, 0.717) is 5.92 Å². The molecule has 1 fully saturated rings. The van der Waals surface area contributed by atoms with Gasteiger partial charge in [-0.05, 0) is 45.7 Å². The highest BCUT2D eigenvalue weighted by atomic mass is 16.5. The molecule has 1 aromatic rings. The summed E-state index contributed by atoms with van der Waals surface area (Å²) in [6, 6.07) is -0.643. The van der Waals surface area contributed by atoms with Crippen LogP contribution >= 0.6 is 0 Å². The zero-order valence-corrected chi connectivity index (χ0v) is 15.3. The number of methoxy groups -OCH3 is 1. The highest BCUT2D eigenvalue weighted by Crippen LogP contribution is 2.22. The Morgan fingerprint density at radius 3 is 2.67 bits per heavy atom. The SMILES string of the molecule is COCCN1CCC(CN(C)C(=O)C(N)c2c(C)n[nH]c2C)CC1. The fourth-order valence-electron chi connectivity index (χ4n) is 3.47. The fraction of sp³-hybridized carbons (Fsp3) is 0.765. The third-order valence-corrected chi connectivity index (χ3v) is 4.99. The number of ether oxygens (including phenoxy) is 1. The number of piperidine rings is 1. The second kappa shape index (κ2) is 8.60. The summed E-state index contributed by atoms with van der Waals surface area (Å²) in [5.74, 6) is 0.501. The molecule has 3 N–H and O–H groups in total. The zero-order chi connectivity index (χ0) is 17.7. The lowest BCUT2D eigenvalue weighted by Crippen LogP contribution is -2.42. The van der Waals surface area contributed by atoms with Gasteiger partial charge in [0, 0.05) is 38.5 Å². The maximum absolute atomic E-state index is 12.7. The number of H-pyrrole nitrogens is 1. The second-order valence-electron chi connectivity index (χ2n) is 6.82. The number of carbonyl (C=O) groups is 1. The van der Waals surface area contributed by atoms with Crippen molar-refractivity contribution in [2.24, 2.45) is 11.7 Å². The van der Waals surface area contributed by atoms with Gasteiger partial charge in [-0.3, -0.25) is 9.89 Å². The molecule has 1 aliphatic rings. The van der Waals surface area contributed by atoms with Crippen LogP contribution in [0.2, 0.25) is 0 Å². The van der Waals surface area contributed by atoms with Gasteiger partial charge in [0.05, 0.1) is 12.3 Å². The maximum atomic E-state index is 12.7. The molecule has 7 nitrogen and oxygen atoms in total. The summed E-state index contributed by atoms with van der Waals surface area (Å²) in [5, 5.41) is 7.03. The molecule has 1 atom stereocenters. The molecule has 0 spiro atoms. The summed E-state index contributed by atoms with van der Waals surface area (Å²) in [6.45, 7) is 8.45. The number of nitrogens with two attached hydrogens (primary N) is 1. The normalized spacial score (nSPS) is 17.9. The Balaban J connectivity index is 1.84. The van der Waals surface area contributed by atoms with Crippen LogP contribution in [0.15, 0.2) is 0 Å². The molecule has 0 aromatic carbocycles. The lowest BCUT2D eigenvalue weighted by molar-refractivity contribution is -0.132. The Morgan fingerprint density at radius 2 is 2.12 bits per heavy atom. The van der Waals surface area contributed by atoms with Gasteiger partial charge >= 0.3 is 0 Å². The topological polar surface area (TPSA) is 87.5 Å². The average molecular weight is 337 g/mol. The zero-order valence-electron chi connectivity index (χ0n) is 15.3. The second-order valence-corrected chi connectivity index (χ2v) is 6.82. The van der Waals surface area contributed by atoms with Gasteiger partial charge in [-0.25, -0.2) is 0 Å². The first-order valence-corrected chi connectivity index (χ1v) is 8.67. The number of hydrogen-bond acceptors (Lipinski definition) is 5. The first-order valence-electron chi connectivity index (χ1n) is 8.67. The smallest absolute Gasteiger partial charge is 0.243 e. The van der Waals surface area contributed by atoms with Gasteiger partial charge in [-0.1, -0.05) is 0 Å². The van der Waals surface area contributed by atoms with Crippen LogP contribution < -0.4 is 5.73 Å². The van der Waals surface area contributed by atoms with Crippen LogP contribution in [0.1, 0.15) is 35.8 Å². The number of rotatable bonds is 7. The predicted octanol–water partition coefficient (Wildman–Crippen LogP) is 0.843. The van der Waals surface area contributed by atoms with E-state index in [-0.39, 0.29) is 5.91 Å². The number of aromatic amines is 1. The van der Waals surface area contributed by atoms with Crippen molar-refractivity contribution in [3.63, 3.8) is 0 Å². The van der Waals surface area contributed by atoms with Gasteiger partial charge in [0.2, 0.25) is 5.91 Å². The molecule has 7 heteroatoms. The molecule has 1 aromatic heterocycles. The number of likely N-dealkylation sites (tertiary alicyclic amines) is 1. The van der Waals surface area contributed by atoms with E-state index in [1.807, 2.05) is 20.9 Å². The molecule has 24 heavy (non-hydrogen) atoms. The van der Waals surface area contributed by atoms with E-state index in [2.05, 4.69) is 15.1 Å². The van der Waals surface area contributed by atoms with Crippen molar-refractivity contribution in [3.05, 3.63) is 17.0 Å². The largest absolute Gasteiger partial charge is 0.383 e. The van der Waals surface area contributed by atoms with Gasteiger partial charge < -0.3 is 20.3 Å². The van der Waals surface area contributed by atoms with Crippen LogP contribution in [-0.4, -0.2) is 72.8 Å². The molecule has 0 radical (unpaired) electrons. The summed E-state index contributed by atoms with van der Waals surface area (Å²) in [6.07, 6.45) is 2.22. The first-order chi connectivity index (χ1) is 11.4. The van der Waals surface area contributed by atoms with Crippen LogP contribution in [-0.2, 0) is 9.53 Å². The Bertz CT molecular complexity index is 518.